The predicted octanol–water partition coefficient (Wildman–Crippen LogP) is 4.27. The van der Waals surface area contributed by atoms with Crippen molar-refractivity contribution in [3.63, 3.8) is 0 Å². The number of likely N-dealkylation sites (tertiary alicyclic amines) is 1. The number of hydrogen-bond acceptors (Lipinski definition) is 10. The highest BCUT2D eigenvalue weighted by molar-refractivity contribution is 7.20. The van der Waals surface area contributed by atoms with Crippen molar-refractivity contribution in [2.75, 3.05) is 57.1 Å². The Morgan fingerprint density at radius 1 is 1.16 bits per heavy atom. The summed E-state index contributed by atoms with van der Waals surface area (Å²) in [6.45, 7) is 4.68. The number of ether oxygens (including phenoxy) is 2. The molecule has 15 heteroatoms. The third-order valence-corrected chi connectivity index (χ3v) is 9.42. The van der Waals surface area contributed by atoms with E-state index in [0.717, 1.165) is 50.0 Å². The van der Waals surface area contributed by atoms with Gasteiger partial charge < -0.3 is 41.2 Å². The lowest BCUT2D eigenvalue weighted by molar-refractivity contribution is -0.143. The van der Waals surface area contributed by atoms with Gasteiger partial charge in [0.2, 0.25) is 5.91 Å². The number of amides is 2. The SMILES string of the molecule is CCN1CCC(Nc2cccc3c(CC(F)(F)F)c(C#CCNc4ccc(C(=O)NC(CCC(N)=O)C(=O)OC)cc4OCCO)sc23)CC1. The summed E-state index contributed by atoms with van der Waals surface area (Å²) in [5.41, 5.74) is 6.65. The number of piperidine rings is 1. The number of nitrogens with one attached hydrogen (secondary N) is 3. The number of rotatable bonds is 15. The number of benzene rings is 2. The van der Waals surface area contributed by atoms with Crippen molar-refractivity contribution in [1.82, 2.24) is 10.2 Å². The molecular weight excluding hydrogens is 675 g/mol. The minimum absolute atomic E-state index is 0.0272. The molecule has 11 nitrogen and oxygen atoms in total. The fraction of sp³-hybridized carbons (Fsp3) is 0.457. The van der Waals surface area contributed by atoms with Crippen molar-refractivity contribution >= 4 is 50.6 Å². The number of anilines is 2. The van der Waals surface area contributed by atoms with Crippen LogP contribution in [0.5, 0.6) is 5.75 Å². The fourth-order valence-corrected chi connectivity index (χ4v) is 6.81. The quantitative estimate of drug-likeness (QED) is 0.115. The Morgan fingerprint density at radius 2 is 1.92 bits per heavy atom. The van der Waals surface area contributed by atoms with Crippen molar-refractivity contribution in [3.05, 3.63) is 52.4 Å². The molecule has 1 aliphatic rings. The van der Waals surface area contributed by atoms with Crippen LogP contribution in [-0.4, -0.2) is 92.6 Å². The zero-order valence-corrected chi connectivity index (χ0v) is 28.8. The summed E-state index contributed by atoms with van der Waals surface area (Å²) in [4.78, 5) is 39.0. The van der Waals surface area contributed by atoms with Gasteiger partial charge in [-0.05, 0) is 61.0 Å². The van der Waals surface area contributed by atoms with Gasteiger partial charge in [-0.2, -0.15) is 13.2 Å². The van der Waals surface area contributed by atoms with Crippen molar-refractivity contribution in [3.8, 4) is 17.6 Å². The summed E-state index contributed by atoms with van der Waals surface area (Å²) >= 11 is 1.23. The molecule has 2 aromatic carbocycles. The largest absolute Gasteiger partial charge is 0.489 e. The van der Waals surface area contributed by atoms with Gasteiger partial charge in [-0.25, -0.2) is 4.79 Å². The van der Waals surface area contributed by atoms with E-state index in [-0.39, 0.29) is 55.5 Å². The summed E-state index contributed by atoms with van der Waals surface area (Å²) in [7, 11) is 1.15. The lowest BCUT2D eigenvalue weighted by Crippen LogP contribution is -2.42. The van der Waals surface area contributed by atoms with Crippen LogP contribution in [0.1, 0.15) is 53.4 Å². The zero-order valence-electron chi connectivity index (χ0n) is 28.0. The zero-order chi connectivity index (χ0) is 36.3. The Balaban J connectivity index is 1.53. The van der Waals surface area contributed by atoms with Crippen LogP contribution in [0.4, 0.5) is 24.5 Å². The van der Waals surface area contributed by atoms with Gasteiger partial charge in [0.15, 0.2) is 0 Å². The Labute approximate surface area is 292 Å². The molecule has 0 aliphatic carbocycles. The van der Waals surface area contributed by atoms with E-state index in [2.05, 4.69) is 39.6 Å². The second-order valence-corrected chi connectivity index (χ2v) is 12.7. The van der Waals surface area contributed by atoms with E-state index in [4.69, 9.17) is 15.2 Å². The molecule has 0 saturated carbocycles. The number of nitrogens with zero attached hydrogens (tertiary/aromatic N) is 1. The van der Waals surface area contributed by atoms with Gasteiger partial charge in [-0.1, -0.05) is 30.9 Å². The smallest absolute Gasteiger partial charge is 0.393 e. The molecule has 0 bridgehead atoms. The van der Waals surface area contributed by atoms with E-state index in [9.17, 15) is 32.7 Å². The average Bonchev–Trinajstić information content (AvgIpc) is 3.43. The molecule has 0 radical (unpaired) electrons. The van der Waals surface area contributed by atoms with Gasteiger partial charge in [0, 0.05) is 31.1 Å². The average molecular weight is 718 g/mol. The van der Waals surface area contributed by atoms with Crippen LogP contribution in [0.2, 0.25) is 0 Å². The van der Waals surface area contributed by atoms with Gasteiger partial charge in [0.1, 0.15) is 18.4 Å². The number of carbonyl (C=O) groups excluding carboxylic acids is 3. The molecule has 3 aromatic rings. The van der Waals surface area contributed by atoms with Crippen LogP contribution in [0.15, 0.2) is 36.4 Å². The van der Waals surface area contributed by atoms with E-state index < -0.39 is 36.4 Å². The Hall–Kier alpha value is -4.52. The van der Waals surface area contributed by atoms with E-state index in [1.807, 2.05) is 6.07 Å². The highest BCUT2D eigenvalue weighted by Crippen LogP contribution is 2.39. The first kappa shape index (κ1) is 38.3. The summed E-state index contributed by atoms with van der Waals surface area (Å²) in [6, 6.07) is 8.89. The molecule has 50 heavy (non-hydrogen) atoms. The maximum absolute atomic E-state index is 13.7. The van der Waals surface area contributed by atoms with Crippen molar-refractivity contribution in [1.29, 1.82) is 0 Å². The lowest BCUT2D eigenvalue weighted by Gasteiger charge is -2.32. The van der Waals surface area contributed by atoms with Gasteiger partial charge in [0.25, 0.3) is 5.91 Å². The highest BCUT2D eigenvalue weighted by Gasteiger charge is 2.31. The third-order valence-electron chi connectivity index (χ3n) is 8.22. The van der Waals surface area contributed by atoms with E-state index >= 15 is 0 Å². The second-order valence-electron chi connectivity index (χ2n) is 11.7. The lowest BCUT2D eigenvalue weighted by atomic mass is 10.0. The maximum atomic E-state index is 13.7. The van der Waals surface area contributed by atoms with Gasteiger partial charge in [0.05, 0.1) is 47.6 Å². The second kappa shape index (κ2) is 17.9. The standard InChI is InChI=1S/C35H42F3N5O6S/c1-3-43-16-13-23(14-17-43)41-27-7-4-6-24-25(21-35(36,37)38)30(50-32(24)27)8-5-15-40-26-10-9-22(20-29(26)49-19-18-44)33(46)42-28(34(47)48-2)11-12-31(39)45/h4,6-7,9-10,20,23,28,40-41,44H,3,11-19,21H2,1-2H3,(H2,39,45)(H,42,46). The molecule has 6 N–H and O–H groups in total. The normalized spacial score (nSPS) is 14.4. The van der Waals surface area contributed by atoms with Gasteiger partial charge in [-0.15, -0.1) is 11.3 Å². The van der Waals surface area contributed by atoms with E-state index in [1.165, 1.54) is 29.5 Å². The van der Waals surface area contributed by atoms with Crippen LogP contribution in [0.3, 0.4) is 0 Å². The first-order valence-corrected chi connectivity index (χ1v) is 17.1. The molecule has 1 aliphatic heterocycles. The number of nitrogens with two attached hydrogens (primary N) is 1. The van der Waals surface area contributed by atoms with Crippen LogP contribution < -0.4 is 26.4 Å². The number of alkyl halides is 3. The van der Waals surface area contributed by atoms with Crippen LogP contribution in [0.25, 0.3) is 10.1 Å². The molecule has 2 amide bonds. The molecule has 0 spiro atoms. The number of methoxy groups -OCH3 is 1. The topological polar surface area (TPSA) is 155 Å². The number of esters is 1. The fourth-order valence-electron chi connectivity index (χ4n) is 5.64. The molecule has 4 rings (SSSR count). The Morgan fingerprint density at radius 3 is 2.58 bits per heavy atom. The summed E-state index contributed by atoms with van der Waals surface area (Å²) in [5.74, 6) is 4.02. The molecule has 1 aromatic heterocycles. The van der Waals surface area contributed by atoms with Crippen LogP contribution >= 0.6 is 11.3 Å². The number of hydrogen-bond donors (Lipinski definition) is 5. The monoisotopic (exact) mass is 717 g/mol. The number of halogens is 3. The molecule has 1 saturated heterocycles. The van der Waals surface area contributed by atoms with E-state index in [0.29, 0.717) is 16.0 Å². The number of aliphatic hydroxyl groups is 1. The number of carbonyl (C=O) groups is 3. The van der Waals surface area contributed by atoms with Crippen molar-refractivity contribution in [2.45, 2.75) is 57.3 Å². The Kier molecular flexibility index (Phi) is 13.7. The van der Waals surface area contributed by atoms with E-state index in [1.54, 1.807) is 12.1 Å². The van der Waals surface area contributed by atoms with Gasteiger partial charge >= 0.3 is 12.1 Å². The Bertz CT molecular complexity index is 1710. The number of thiophene rings is 1. The van der Waals surface area contributed by atoms with Crippen LogP contribution in [0, 0.1) is 11.8 Å². The summed E-state index contributed by atoms with van der Waals surface area (Å²) in [5, 5.41) is 19.0. The van der Waals surface area contributed by atoms with Crippen molar-refractivity contribution < 1.29 is 42.1 Å². The highest BCUT2D eigenvalue weighted by atomic mass is 32.1. The van der Waals surface area contributed by atoms with Gasteiger partial charge in [-0.3, -0.25) is 9.59 Å². The third kappa shape index (κ3) is 10.7. The number of fused-ring (bicyclic) bond motifs is 1. The van der Waals surface area contributed by atoms with Crippen LogP contribution in [-0.2, 0) is 20.7 Å². The molecule has 2 heterocycles. The first-order chi connectivity index (χ1) is 23.9. The molecular formula is C35H42F3N5O6S. The maximum Gasteiger partial charge on any atom is 0.393 e. The number of primary amides is 1. The molecule has 1 fully saturated rings. The molecule has 1 atom stereocenters. The predicted molar refractivity (Wildman–Crippen MR) is 186 cm³/mol. The first-order valence-electron chi connectivity index (χ1n) is 16.3. The summed E-state index contributed by atoms with van der Waals surface area (Å²) in [6.07, 6.45) is -3.84. The number of aliphatic hydroxyl groups excluding tert-OH is 1. The van der Waals surface area contributed by atoms with Crippen molar-refractivity contribution in [2.24, 2.45) is 5.73 Å². The summed E-state index contributed by atoms with van der Waals surface area (Å²) < 4.78 is 52.3. The minimum atomic E-state index is -4.43. The minimum Gasteiger partial charge on any atom is -0.489 e. The molecule has 1 unspecified atom stereocenters. The molecule has 270 valence electrons.